The Morgan fingerprint density at radius 3 is 2.71 bits per heavy atom. The van der Waals surface area contributed by atoms with E-state index in [4.69, 9.17) is 5.11 Å². The molecular weight excluding hydrogens is 242 g/mol. The number of carboxylic acid groups (broad SMARTS) is 1. The molecule has 1 aromatic rings. The number of rotatable bonds is 5. The molecule has 3 N–H and O–H groups in total. The van der Waals surface area contributed by atoms with Crippen molar-refractivity contribution in [3.63, 3.8) is 0 Å². The summed E-state index contributed by atoms with van der Waals surface area (Å²) in [5, 5.41) is 24.8. The molecule has 0 aliphatic heterocycles. The largest absolute Gasteiger partial charge is 0.481 e. The Morgan fingerprint density at radius 1 is 1.59 bits per heavy atom. The Hall–Kier alpha value is -1.40. The van der Waals surface area contributed by atoms with Crippen molar-refractivity contribution in [3.8, 4) is 0 Å². The Morgan fingerprint density at radius 2 is 2.24 bits per heavy atom. The van der Waals surface area contributed by atoms with Gasteiger partial charge in [-0.1, -0.05) is 0 Å². The molecule has 1 heterocycles. The van der Waals surface area contributed by atoms with Crippen LogP contribution < -0.4 is 5.32 Å². The molecule has 1 rings (SSSR count). The minimum atomic E-state index is -1.19. The van der Waals surface area contributed by atoms with Crippen LogP contribution in [0, 0.1) is 5.92 Å². The number of carboxylic acids is 1. The van der Waals surface area contributed by atoms with Gasteiger partial charge in [-0.25, -0.2) is 0 Å². The maximum Gasteiger partial charge on any atom is 0.315 e. The number of hydrogen-bond donors (Lipinski definition) is 3. The smallest absolute Gasteiger partial charge is 0.315 e. The first-order valence-corrected chi connectivity index (χ1v) is 6.04. The van der Waals surface area contributed by atoms with Gasteiger partial charge in [0.15, 0.2) is 0 Å². The van der Waals surface area contributed by atoms with E-state index in [0.29, 0.717) is 5.56 Å². The van der Waals surface area contributed by atoms with E-state index in [1.54, 1.807) is 18.4 Å². The number of carbonyl (C=O) groups excluding carboxylic acids is 1. The van der Waals surface area contributed by atoms with Crippen LogP contribution in [0.3, 0.4) is 0 Å². The third-order valence-corrected chi connectivity index (χ3v) is 3.20. The lowest BCUT2D eigenvalue weighted by molar-refractivity contribution is -0.146. The lowest BCUT2D eigenvalue weighted by Crippen LogP contribution is -2.42. The average Bonchev–Trinajstić information content (AvgIpc) is 2.78. The van der Waals surface area contributed by atoms with Crippen molar-refractivity contribution >= 4 is 23.2 Å². The molecule has 2 atom stereocenters. The molecule has 1 aromatic heterocycles. The molecule has 94 valence electrons. The van der Waals surface area contributed by atoms with E-state index in [-0.39, 0.29) is 6.54 Å². The molecular formula is C11H15NO4S. The quantitative estimate of drug-likeness (QED) is 0.681. The van der Waals surface area contributed by atoms with Crippen LogP contribution in [0.4, 0.5) is 0 Å². The van der Waals surface area contributed by atoms with Gasteiger partial charge in [-0.3, -0.25) is 9.59 Å². The molecule has 0 fully saturated rings. The van der Waals surface area contributed by atoms with Gasteiger partial charge in [0, 0.05) is 0 Å². The van der Waals surface area contributed by atoms with Crippen molar-refractivity contribution < 1.29 is 19.8 Å². The summed E-state index contributed by atoms with van der Waals surface area (Å²) in [5.41, 5.74) is -0.487. The van der Waals surface area contributed by atoms with Crippen molar-refractivity contribution in [1.29, 1.82) is 0 Å². The van der Waals surface area contributed by atoms with Gasteiger partial charge in [-0.05, 0) is 36.2 Å². The summed E-state index contributed by atoms with van der Waals surface area (Å²) in [6.07, 6.45) is 0. The van der Waals surface area contributed by atoms with Gasteiger partial charge in [0.25, 0.3) is 0 Å². The zero-order valence-electron chi connectivity index (χ0n) is 9.64. The van der Waals surface area contributed by atoms with E-state index in [2.05, 4.69) is 5.32 Å². The van der Waals surface area contributed by atoms with Crippen LogP contribution in [0.5, 0.6) is 0 Å². The maximum absolute atomic E-state index is 11.4. The van der Waals surface area contributed by atoms with Gasteiger partial charge in [-0.15, -0.1) is 0 Å². The predicted octanol–water partition coefficient (Wildman–Crippen LogP) is 0.792. The first-order chi connectivity index (χ1) is 7.84. The lowest BCUT2D eigenvalue weighted by atomic mass is 9.99. The molecule has 1 amide bonds. The SMILES string of the molecule is CC(C(=O)O)C(=O)NCC(C)(O)c1ccsc1. The summed E-state index contributed by atoms with van der Waals surface area (Å²) < 4.78 is 0. The van der Waals surface area contributed by atoms with E-state index < -0.39 is 23.4 Å². The fourth-order valence-electron chi connectivity index (χ4n) is 1.20. The monoisotopic (exact) mass is 257 g/mol. The highest BCUT2D eigenvalue weighted by molar-refractivity contribution is 7.08. The fraction of sp³-hybridized carbons (Fsp3) is 0.455. The number of nitrogens with one attached hydrogen (secondary N) is 1. The molecule has 0 aliphatic rings. The van der Waals surface area contributed by atoms with Gasteiger partial charge < -0.3 is 15.5 Å². The summed E-state index contributed by atoms with van der Waals surface area (Å²) in [6, 6.07) is 1.76. The van der Waals surface area contributed by atoms with Crippen LogP contribution in [-0.2, 0) is 15.2 Å². The highest BCUT2D eigenvalue weighted by Gasteiger charge is 2.27. The number of hydrogen-bond acceptors (Lipinski definition) is 4. The molecule has 0 bridgehead atoms. The third-order valence-electron chi connectivity index (χ3n) is 2.51. The van der Waals surface area contributed by atoms with Crippen LogP contribution in [0.2, 0.25) is 0 Å². The average molecular weight is 257 g/mol. The van der Waals surface area contributed by atoms with Crippen LogP contribution in [-0.4, -0.2) is 28.6 Å². The van der Waals surface area contributed by atoms with Gasteiger partial charge in [-0.2, -0.15) is 11.3 Å². The summed E-state index contributed by atoms with van der Waals surface area (Å²) in [7, 11) is 0. The Bertz CT molecular complexity index is 400. The zero-order chi connectivity index (χ0) is 13.1. The van der Waals surface area contributed by atoms with Gasteiger partial charge >= 0.3 is 5.97 Å². The molecule has 5 nitrogen and oxygen atoms in total. The highest BCUT2D eigenvalue weighted by atomic mass is 32.1. The third kappa shape index (κ3) is 3.54. The number of carbonyl (C=O) groups is 2. The van der Waals surface area contributed by atoms with Gasteiger partial charge in [0.05, 0.1) is 6.54 Å². The van der Waals surface area contributed by atoms with E-state index in [0.717, 1.165) is 0 Å². The number of aliphatic hydroxyl groups is 1. The van der Waals surface area contributed by atoms with Crippen molar-refractivity contribution in [3.05, 3.63) is 22.4 Å². The molecule has 0 saturated carbocycles. The summed E-state index contributed by atoms with van der Waals surface area (Å²) >= 11 is 1.45. The highest BCUT2D eigenvalue weighted by Crippen LogP contribution is 2.22. The minimum absolute atomic E-state index is 0.0137. The van der Waals surface area contributed by atoms with Crippen molar-refractivity contribution in [1.82, 2.24) is 5.32 Å². The molecule has 6 heteroatoms. The number of thiophene rings is 1. The van der Waals surface area contributed by atoms with E-state index in [9.17, 15) is 14.7 Å². The Balaban J connectivity index is 2.56. The summed E-state index contributed by atoms with van der Waals surface area (Å²) in [6.45, 7) is 2.86. The van der Waals surface area contributed by atoms with Crippen LogP contribution in [0.25, 0.3) is 0 Å². The van der Waals surface area contributed by atoms with Crippen molar-refractivity contribution in [2.75, 3.05) is 6.54 Å². The fourth-order valence-corrected chi connectivity index (χ4v) is 1.98. The van der Waals surface area contributed by atoms with E-state index >= 15 is 0 Å². The Kier molecular flexibility index (Phi) is 4.25. The second-order valence-corrected chi connectivity index (χ2v) is 4.84. The molecule has 17 heavy (non-hydrogen) atoms. The van der Waals surface area contributed by atoms with Crippen LogP contribution in [0.1, 0.15) is 19.4 Å². The first kappa shape index (κ1) is 13.7. The predicted molar refractivity (Wildman–Crippen MR) is 63.7 cm³/mol. The molecule has 0 radical (unpaired) electrons. The summed E-state index contributed by atoms with van der Waals surface area (Å²) in [4.78, 5) is 22.0. The van der Waals surface area contributed by atoms with Crippen LogP contribution >= 0.6 is 11.3 Å². The van der Waals surface area contributed by atoms with Gasteiger partial charge in [0.1, 0.15) is 11.5 Å². The van der Waals surface area contributed by atoms with E-state index in [1.165, 1.54) is 18.3 Å². The van der Waals surface area contributed by atoms with Gasteiger partial charge in [0.2, 0.25) is 5.91 Å². The van der Waals surface area contributed by atoms with Crippen molar-refractivity contribution in [2.45, 2.75) is 19.4 Å². The summed E-state index contributed by atoms with van der Waals surface area (Å²) in [5.74, 6) is -2.90. The van der Waals surface area contributed by atoms with Crippen molar-refractivity contribution in [2.24, 2.45) is 5.92 Å². The molecule has 0 aromatic carbocycles. The maximum atomic E-state index is 11.4. The van der Waals surface area contributed by atoms with Crippen LogP contribution in [0.15, 0.2) is 16.8 Å². The second-order valence-electron chi connectivity index (χ2n) is 4.06. The van der Waals surface area contributed by atoms with E-state index in [1.807, 2.05) is 5.38 Å². The molecule has 2 unspecified atom stereocenters. The lowest BCUT2D eigenvalue weighted by Gasteiger charge is -2.23. The normalized spacial score (nSPS) is 15.9. The molecule has 0 spiro atoms. The number of amides is 1. The molecule has 0 saturated heterocycles. The second kappa shape index (κ2) is 5.29. The standard InChI is InChI=1S/C11H15NO4S/c1-7(10(14)15)9(13)12-6-11(2,16)8-3-4-17-5-8/h3-5,7,16H,6H2,1-2H3,(H,12,13)(H,14,15). The number of aliphatic carboxylic acids is 1. The molecule has 0 aliphatic carbocycles. The minimum Gasteiger partial charge on any atom is -0.481 e. The first-order valence-electron chi connectivity index (χ1n) is 5.10. The Labute approximate surface area is 103 Å². The zero-order valence-corrected chi connectivity index (χ0v) is 10.5. The topological polar surface area (TPSA) is 86.6 Å².